The maximum absolute atomic E-state index is 13.3. The third-order valence-corrected chi connectivity index (χ3v) is 5.64. The molecule has 35 heavy (non-hydrogen) atoms. The molecule has 1 aliphatic rings. The van der Waals surface area contributed by atoms with Gasteiger partial charge >= 0.3 is 12.0 Å². The van der Waals surface area contributed by atoms with E-state index in [0.29, 0.717) is 41.6 Å². The van der Waals surface area contributed by atoms with Crippen molar-refractivity contribution in [2.75, 3.05) is 30.5 Å². The maximum atomic E-state index is 13.3. The van der Waals surface area contributed by atoms with E-state index >= 15 is 0 Å². The Labute approximate surface area is 205 Å². The van der Waals surface area contributed by atoms with Gasteiger partial charge in [-0.15, -0.1) is 0 Å². The molecule has 2 aromatic rings. The van der Waals surface area contributed by atoms with Crippen LogP contribution in [0.1, 0.15) is 44.0 Å². The Balaban J connectivity index is 1.76. The zero-order valence-electron chi connectivity index (χ0n) is 20.4. The molecular weight excluding hydrogens is 450 g/mol. The summed E-state index contributed by atoms with van der Waals surface area (Å²) in [5.74, 6) is -0.485. The van der Waals surface area contributed by atoms with Crippen LogP contribution in [0.3, 0.4) is 0 Å². The molecule has 1 atom stereocenters. The van der Waals surface area contributed by atoms with E-state index in [1.54, 1.807) is 55.5 Å². The number of esters is 1. The summed E-state index contributed by atoms with van der Waals surface area (Å²) in [5.41, 5.74) is 1.24. The lowest BCUT2D eigenvalue weighted by molar-refractivity contribution is -0.124. The van der Waals surface area contributed by atoms with Crippen molar-refractivity contribution >= 4 is 35.2 Å². The molecule has 9 nitrogen and oxygen atoms in total. The Kier molecular flexibility index (Phi) is 8.46. The van der Waals surface area contributed by atoms with E-state index in [0.717, 1.165) is 4.90 Å². The van der Waals surface area contributed by atoms with Crippen LogP contribution in [0.4, 0.5) is 16.2 Å². The van der Waals surface area contributed by atoms with Crippen LogP contribution >= 0.6 is 0 Å². The van der Waals surface area contributed by atoms with E-state index in [1.165, 1.54) is 12.0 Å². The Morgan fingerprint density at radius 3 is 2.43 bits per heavy atom. The monoisotopic (exact) mass is 481 g/mol. The Hall–Kier alpha value is -3.88. The van der Waals surface area contributed by atoms with Crippen LogP contribution in [-0.4, -0.2) is 55.0 Å². The van der Waals surface area contributed by atoms with Gasteiger partial charge in [-0.1, -0.05) is 19.9 Å². The summed E-state index contributed by atoms with van der Waals surface area (Å²) in [5, 5.41) is 2.74. The third kappa shape index (κ3) is 6.17. The number of carbonyl (C=O) groups is 4. The summed E-state index contributed by atoms with van der Waals surface area (Å²) in [4.78, 5) is 53.8. The van der Waals surface area contributed by atoms with E-state index in [4.69, 9.17) is 9.47 Å². The fraction of sp³-hybridized carbons (Fsp3) is 0.385. The van der Waals surface area contributed by atoms with Gasteiger partial charge in [-0.2, -0.15) is 0 Å². The summed E-state index contributed by atoms with van der Waals surface area (Å²) in [7, 11) is 1.51. The molecule has 1 aliphatic heterocycles. The van der Waals surface area contributed by atoms with Crippen molar-refractivity contribution < 1.29 is 28.7 Å². The average molecular weight is 482 g/mol. The van der Waals surface area contributed by atoms with Crippen LogP contribution in [0.15, 0.2) is 48.5 Å². The molecule has 0 saturated carbocycles. The molecule has 0 radical (unpaired) electrons. The van der Waals surface area contributed by atoms with E-state index < -0.39 is 29.9 Å². The second kappa shape index (κ2) is 11.5. The smallest absolute Gasteiger partial charge is 0.338 e. The standard InChI is InChI=1S/C26H31N3O6/c1-5-35-25(32)18-9-11-19(12-10-18)27-23(30)16-22-24(31)29(20-7-6-8-21(15-20)34-4)26(33)28(22)14-13-17(2)3/h6-12,15,17,22H,5,13-14,16H2,1-4H3,(H,27,30). The van der Waals surface area contributed by atoms with Crippen LogP contribution < -0.4 is 15.0 Å². The molecule has 9 heteroatoms. The second-order valence-corrected chi connectivity index (χ2v) is 8.60. The average Bonchev–Trinajstić information content (AvgIpc) is 3.06. The summed E-state index contributed by atoms with van der Waals surface area (Å²) in [6.07, 6.45) is 0.501. The lowest BCUT2D eigenvalue weighted by Gasteiger charge is -2.22. The van der Waals surface area contributed by atoms with Gasteiger partial charge in [-0.3, -0.25) is 9.59 Å². The van der Waals surface area contributed by atoms with E-state index in [9.17, 15) is 19.2 Å². The molecule has 1 saturated heterocycles. The van der Waals surface area contributed by atoms with Gasteiger partial charge in [0.15, 0.2) is 0 Å². The molecule has 3 rings (SSSR count). The first kappa shape index (κ1) is 25.7. The molecule has 1 unspecified atom stereocenters. The molecule has 2 aromatic carbocycles. The highest BCUT2D eigenvalue weighted by Gasteiger charge is 2.46. The molecule has 1 heterocycles. The van der Waals surface area contributed by atoms with Gasteiger partial charge in [0, 0.05) is 18.3 Å². The van der Waals surface area contributed by atoms with E-state index in [1.807, 2.05) is 13.8 Å². The largest absolute Gasteiger partial charge is 0.497 e. The predicted octanol–water partition coefficient (Wildman–Crippen LogP) is 4.08. The zero-order chi connectivity index (χ0) is 25.5. The summed E-state index contributed by atoms with van der Waals surface area (Å²) >= 11 is 0. The minimum Gasteiger partial charge on any atom is -0.497 e. The van der Waals surface area contributed by atoms with Gasteiger partial charge in [0.05, 0.1) is 31.4 Å². The fourth-order valence-electron chi connectivity index (χ4n) is 3.76. The van der Waals surface area contributed by atoms with Crippen LogP contribution in [-0.2, 0) is 14.3 Å². The quantitative estimate of drug-likeness (QED) is 0.405. The van der Waals surface area contributed by atoms with Gasteiger partial charge in [-0.25, -0.2) is 14.5 Å². The lowest BCUT2D eigenvalue weighted by atomic mass is 10.1. The Morgan fingerprint density at radius 2 is 1.80 bits per heavy atom. The summed E-state index contributed by atoms with van der Waals surface area (Å²) in [6, 6.07) is 11.6. The number of anilines is 2. The van der Waals surface area contributed by atoms with Crippen LogP contribution in [0.25, 0.3) is 0 Å². The molecule has 0 spiro atoms. The molecule has 1 N–H and O–H groups in total. The number of imide groups is 1. The van der Waals surface area contributed by atoms with Gasteiger partial charge < -0.3 is 19.7 Å². The predicted molar refractivity (Wildman–Crippen MR) is 131 cm³/mol. The summed E-state index contributed by atoms with van der Waals surface area (Å²) in [6.45, 7) is 6.41. The van der Waals surface area contributed by atoms with Crippen LogP contribution in [0.5, 0.6) is 5.75 Å². The first-order valence-corrected chi connectivity index (χ1v) is 11.6. The van der Waals surface area contributed by atoms with Gasteiger partial charge in [-0.05, 0) is 55.7 Å². The van der Waals surface area contributed by atoms with Gasteiger partial charge in [0.25, 0.3) is 5.91 Å². The highest BCUT2D eigenvalue weighted by atomic mass is 16.5. The SMILES string of the molecule is CCOC(=O)c1ccc(NC(=O)CC2C(=O)N(c3cccc(OC)c3)C(=O)N2CCC(C)C)cc1. The first-order chi connectivity index (χ1) is 16.7. The first-order valence-electron chi connectivity index (χ1n) is 11.6. The minimum absolute atomic E-state index is 0.192. The topological polar surface area (TPSA) is 105 Å². The van der Waals surface area contributed by atoms with E-state index in [-0.39, 0.29) is 13.0 Å². The van der Waals surface area contributed by atoms with Crippen molar-refractivity contribution in [2.24, 2.45) is 5.92 Å². The molecule has 186 valence electrons. The third-order valence-electron chi connectivity index (χ3n) is 5.64. The number of amides is 4. The Morgan fingerprint density at radius 1 is 1.09 bits per heavy atom. The number of carbonyl (C=O) groups excluding carboxylic acids is 4. The van der Waals surface area contributed by atoms with Gasteiger partial charge in [0.1, 0.15) is 11.8 Å². The number of hydrogen-bond donors (Lipinski definition) is 1. The van der Waals surface area contributed by atoms with Crippen molar-refractivity contribution in [3.05, 3.63) is 54.1 Å². The highest BCUT2D eigenvalue weighted by molar-refractivity contribution is 6.22. The minimum atomic E-state index is -0.925. The number of benzene rings is 2. The number of nitrogens with one attached hydrogen (secondary N) is 1. The van der Waals surface area contributed by atoms with Crippen LogP contribution in [0, 0.1) is 5.92 Å². The maximum Gasteiger partial charge on any atom is 0.338 e. The van der Waals surface area contributed by atoms with Crippen molar-refractivity contribution in [3.8, 4) is 5.75 Å². The van der Waals surface area contributed by atoms with Crippen molar-refractivity contribution in [3.63, 3.8) is 0 Å². The molecule has 1 fully saturated rings. The fourth-order valence-corrected chi connectivity index (χ4v) is 3.76. The molecular formula is C26H31N3O6. The second-order valence-electron chi connectivity index (χ2n) is 8.60. The summed E-state index contributed by atoms with van der Waals surface area (Å²) < 4.78 is 10.2. The Bertz CT molecular complexity index is 1080. The van der Waals surface area contributed by atoms with Crippen molar-refractivity contribution in [1.82, 2.24) is 4.90 Å². The van der Waals surface area contributed by atoms with Gasteiger partial charge in [0.2, 0.25) is 5.91 Å². The number of ether oxygens (including phenoxy) is 2. The number of nitrogens with zero attached hydrogens (tertiary/aromatic N) is 2. The molecule has 0 bridgehead atoms. The number of methoxy groups -OCH3 is 1. The number of hydrogen-bond acceptors (Lipinski definition) is 6. The van der Waals surface area contributed by atoms with Crippen molar-refractivity contribution in [1.29, 1.82) is 0 Å². The van der Waals surface area contributed by atoms with E-state index in [2.05, 4.69) is 5.32 Å². The molecule has 4 amide bonds. The molecule has 0 aromatic heterocycles. The lowest BCUT2D eigenvalue weighted by Crippen LogP contribution is -2.39. The zero-order valence-corrected chi connectivity index (χ0v) is 20.4. The number of urea groups is 1. The molecule has 0 aliphatic carbocycles. The van der Waals surface area contributed by atoms with Crippen LogP contribution in [0.2, 0.25) is 0 Å². The number of rotatable bonds is 10. The normalized spacial score (nSPS) is 15.5. The highest BCUT2D eigenvalue weighted by Crippen LogP contribution is 2.30. The van der Waals surface area contributed by atoms with Crippen molar-refractivity contribution in [2.45, 2.75) is 39.7 Å².